The summed E-state index contributed by atoms with van der Waals surface area (Å²) in [4.78, 5) is 5.12. The van der Waals surface area contributed by atoms with E-state index in [2.05, 4.69) is 48.9 Å². The van der Waals surface area contributed by atoms with Crippen molar-refractivity contribution in [2.75, 3.05) is 5.32 Å². The molecule has 0 aliphatic rings. The van der Waals surface area contributed by atoms with E-state index in [4.69, 9.17) is 0 Å². The zero-order valence-electron chi connectivity index (χ0n) is 14.8. The Hall–Kier alpha value is -3.33. The number of hydrogen-bond acceptors (Lipinski definition) is 7. The number of anilines is 2. The second kappa shape index (κ2) is 6.13. The average Bonchev–Trinajstić information content (AvgIpc) is 3.31. The number of pyridine rings is 1. The number of fused-ring (bicyclic) bond motifs is 2. The summed E-state index contributed by atoms with van der Waals surface area (Å²) in [5, 5.41) is 22.7. The molecular formula is C18H16N8S. The quantitative estimate of drug-likeness (QED) is 0.519. The van der Waals surface area contributed by atoms with Gasteiger partial charge in [0.05, 0.1) is 16.9 Å². The zero-order chi connectivity index (χ0) is 18.4. The Morgan fingerprint density at radius 3 is 2.93 bits per heavy atom. The molecule has 5 rings (SSSR count). The van der Waals surface area contributed by atoms with Crippen molar-refractivity contribution in [3.63, 3.8) is 0 Å². The first-order valence-corrected chi connectivity index (χ1v) is 9.29. The van der Waals surface area contributed by atoms with Crippen LogP contribution in [0.1, 0.15) is 17.1 Å². The summed E-state index contributed by atoms with van der Waals surface area (Å²) in [5.74, 6) is 0.806. The van der Waals surface area contributed by atoms with Gasteiger partial charge in [0.25, 0.3) is 0 Å². The van der Waals surface area contributed by atoms with Crippen molar-refractivity contribution in [2.45, 2.75) is 13.3 Å². The number of aryl methyl sites for hydroxylation is 2. The summed E-state index contributed by atoms with van der Waals surface area (Å²) < 4.78 is 3.57. The molecule has 0 saturated heterocycles. The van der Waals surface area contributed by atoms with Crippen LogP contribution in [0.5, 0.6) is 0 Å². The average molecular weight is 376 g/mol. The molecular weight excluding hydrogens is 360 g/mol. The standard InChI is InChI=1S/C18H16N8S/c1-11-15(10-25(2)23-11)20-17-24-26-16(21-22-18(26)27-17)9-12-5-6-14-13(8-12)4-3-7-19-14/h3-8,10H,9H2,1-2H3,(H,20,24). The molecule has 0 aliphatic carbocycles. The molecule has 27 heavy (non-hydrogen) atoms. The van der Waals surface area contributed by atoms with Gasteiger partial charge in [0.15, 0.2) is 5.82 Å². The Balaban J connectivity index is 1.45. The molecule has 1 N–H and O–H groups in total. The smallest absolute Gasteiger partial charge is 0.236 e. The van der Waals surface area contributed by atoms with Crippen molar-refractivity contribution < 1.29 is 0 Å². The molecule has 0 fully saturated rings. The third-order valence-corrected chi connectivity index (χ3v) is 5.15. The summed E-state index contributed by atoms with van der Waals surface area (Å²) in [6, 6.07) is 10.2. The molecule has 0 spiro atoms. The maximum atomic E-state index is 4.63. The van der Waals surface area contributed by atoms with Crippen molar-refractivity contribution in [2.24, 2.45) is 7.05 Å². The number of nitrogens with zero attached hydrogens (tertiary/aromatic N) is 7. The Bertz CT molecular complexity index is 1270. The molecule has 134 valence electrons. The summed E-state index contributed by atoms with van der Waals surface area (Å²) >= 11 is 1.46. The molecule has 0 atom stereocenters. The van der Waals surface area contributed by atoms with E-state index in [0.29, 0.717) is 6.42 Å². The molecule has 0 amide bonds. The van der Waals surface area contributed by atoms with Gasteiger partial charge in [-0.2, -0.15) is 9.61 Å². The van der Waals surface area contributed by atoms with E-state index in [0.717, 1.165) is 43.8 Å². The molecule has 5 aromatic rings. The zero-order valence-corrected chi connectivity index (χ0v) is 15.6. The van der Waals surface area contributed by atoms with E-state index < -0.39 is 0 Å². The van der Waals surface area contributed by atoms with Gasteiger partial charge < -0.3 is 5.32 Å². The lowest BCUT2D eigenvalue weighted by Gasteiger charge is -2.02. The molecule has 0 aliphatic heterocycles. The van der Waals surface area contributed by atoms with E-state index in [1.807, 2.05) is 32.3 Å². The third kappa shape index (κ3) is 2.91. The molecule has 4 aromatic heterocycles. The van der Waals surface area contributed by atoms with Gasteiger partial charge in [-0.1, -0.05) is 23.5 Å². The highest BCUT2D eigenvalue weighted by atomic mass is 32.1. The van der Waals surface area contributed by atoms with Crippen LogP contribution >= 0.6 is 11.3 Å². The van der Waals surface area contributed by atoms with Gasteiger partial charge >= 0.3 is 0 Å². The first kappa shape index (κ1) is 15.9. The van der Waals surface area contributed by atoms with Crippen LogP contribution in [0.2, 0.25) is 0 Å². The summed E-state index contributed by atoms with van der Waals surface area (Å²) in [5.41, 5.74) is 3.99. The fourth-order valence-electron chi connectivity index (χ4n) is 3.07. The largest absolute Gasteiger partial charge is 0.327 e. The minimum absolute atomic E-state index is 0.654. The van der Waals surface area contributed by atoms with E-state index in [-0.39, 0.29) is 0 Å². The van der Waals surface area contributed by atoms with Crippen LogP contribution in [0.3, 0.4) is 0 Å². The molecule has 0 saturated carbocycles. The third-order valence-electron chi connectivity index (χ3n) is 4.34. The molecule has 0 bridgehead atoms. The summed E-state index contributed by atoms with van der Waals surface area (Å²) in [6.07, 6.45) is 4.39. The van der Waals surface area contributed by atoms with Crippen molar-refractivity contribution in [3.8, 4) is 0 Å². The van der Waals surface area contributed by atoms with Crippen LogP contribution in [0.15, 0.2) is 42.7 Å². The lowest BCUT2D eigenvalue weighted by atomic mass is 10.1. The normalized spacial score (nSPS) is 11.5. The fraction of sp³-hybridized carbons (Fsp3) is 0.167. The summed E-state index contributed by atoms with van der Waals surface area (Å²) in [7, 11) is 1.90. The number of hydrogen-bond donors (Lipinski definition) is 1. The van der Waals surface area contributed by atoms with Gasteiger partial charge in [-0.05, 0) is 30.7 Å². The SMILES string of the molecule is Cc1nn(C)cc1Nc1nn2c(Cc3ccc4ncccc4c3)nnc2s1. The maximum Gasteiger partial charge on any atom is 0.236 e. The Kier molecular flexibility index (Phi) is 3.61. The van der Waals surface area contributed by atoms with Gasteiger partial charge in [-0.25, -0.2) is 0 Å². The van der Waals surface area contributed by atoms with Gasteiger partial charge in [-0.15, -0.1) is 15.3 Å². The Labute approximate surface area is 158 Å². The van der Waals surface area contributed by atoms with E-state index in [1.165, 1.54) is 11.3 Å². The second-order valence-corrected chi connectivity index (χ2v) is 7.31. The topological polar surface area (TPSA) is 85.8 Å². The van der Waals surface area contributed by atoms with E-state index in [1.54, 1.807) is 15.4 Å². The van der Waals surface area contributed by atoms with Gasteiger partial charge in [-0.3, -0.25) is 9.67 Å². The van der Waals surface area contributed by atoms with Crippen molar-refractivity contribution in [1.29, 1.82) is 0 Å². The monoisotopic (exact) mass is 376 g/mol. The highest BCUT2D eigenvalue weighted by Gasteiger charge is 2.14. The van der Waals surface area contributed by atoms with Gasteiger partial charge in [0, 0.05) is 31.2 Å². The lowest BCUT2D eigenvalue weighted by Crippen LogP contribution is -1.99. The van der Waals surface area contributed by atoms with Crippen LogP contribution in [-0.2, 0) is 13.5 Å². The Morgan fingerprint density at radius 1 is 1.15 bits per heavy atom. The molecule has 1 aromatic carbocycles. The van der Waals surface area contributed by atoms with Crippen LogP contribution in [-0.4, -0.2) is 34.6 Å². The Morgan fingerprint density at radius 2 is 2.07 bits per heavy atom. The van der Waals surface area contributed by atoms with Crippen LogP contribution in [0, 0.1) is 6.92 Å². The van der Waals surface area contributed by atoms with Crippen molar-refractivity contribution >= 4 is 38.0 Å². The number of benzene rings is 1. The van der Waals surface area contributed by atoms with Gasteiger partial charge in [0.2, 0.25) is 10.1 Å². The lowest BCUT2D eigenvalue weighted by molar-refractivity contribution is 0.756. The fourth-order valence-corrected chi connectivity index (χ4v) is 3.84. The number of aromatic nitrogens is 7. The minimum Gasteiger partial charge on any atom is -0.327 e. The summed E-state index contributed by atoms with van der Waals surface area (Å²) in [6.45, 7) is 1.96. The van der Waals surface area contributed by atoms with E-state index in [9.17, 15) is 0 Å². The first-order valence-electron chi connectivity index (χ1n) is 8.48. The van der Waals surface area contributed by atoms with Crippen LogP contribution in [0.4, 0.5) is 10.8 Å². The highest BCUT2D eigenvalue weighted by molar-refractivity contribution is 7.20. The van der Waals surface area contributed by atoms with Crippen LogP contribution < -0.4 is 5.32 Å². The second-order valence-electron chi connectivity index (χ2n) is 6.35. The number of rotatable bonds is 4. The number of nitrogens with one attached hydrogen (secondary N) is 1. The molecule has 9 heteroatoms. The molecule has 4 heterocycles. The van der Waals surface area contributed by atoms with E-state index >= 15 is 0 Å². The van der Waals surface area contributed by atoms with Crippen molar-refractivity contribution in [3.05, 3.63) is 59.8 Å². The highest BCUT2D eigenvalue weighted by Crippen LogP contribution is 2.25. The molecule has 0 unspecified atom stereocenters. The molecule has 8 nitrogen and oxygen atoms in total. The van der Waals surface area contributed by atoms with Crippen molar-refractivity contribution in [1.82, 2.24) is 34.6 Å². The first-order chi connectivity index (χ1) is 13.2. The minimum atomic E-state index is 0.654. The predicted molar refractivity (Wildman–Crippen MR) is 104 cm³/mol. The van der Waals surface area contributed by atoms with Gasteiger partial charge in [0.1, 0.15) is 0 Å². The van der Waals surface area contributed by atoms with Crippen LogP contribution in [0.25, 0.3) is 15.9 Å². The molecule has 0 radical (unpaired) electrons. The maximum absolute atomic E-state index is 4.63. The predicted octanol–water partition coefficient (Wildman–Crippen LogP) is 3.11.